The fourth-order valence-electron chi connectivity index (χ4n) is 1.35. The van der Waals surface area contributed by atoms with Crippen LogP contribution in [0.5, 0.6) is 0 Å². The molecule has 0 aromatic carbocycles. The van der Waals surface area contributed by atoms with E-state index in [2.05, 4.69) is 43.4 Å². The summed E-state index contributed by atoms with van der Waals surface area (Å²) in [6.07, 6.45) is 1.21. The molecule has 15 heavy (non-hydrogen) atoms. The zero-order chi connectivity index (χ0) is 11.5. The predicted molar refractivity (Wildman–Crippen MR) is 70.0 cm³/mol. The molecule has 0 rings (SSSR count). The van der Waals surface area contributed by atoms with Crippen LogP contribution < -0.4 is 0 Å². The maximum atomic E-state index is 5.43. The molecule has 3 nitrogen and oxygen atoms in total. The highest BCUT2D eigenvalue weighted by atomic mass is 32.1. The van der Waals surface area contributed by atoms with Gasteiger partial charge in [0.25, 0.3) is 0 Å². The van der Waals surface area contributed by atoms with Crippen molar-refractivity contribution in [3.05, 3.63) is 0 Å². The first-order valence-corrected chi connectivity index (χ1v) is 6.39. The van der Waals surface area contributed by atoms with Crippen molar-refractivity contribution in [3.8, 4) is 0 Å². The molecule has 0 spiro atoms. The Bertz CT molecular complexity index is 134. The number of hydrogen-bond donors (Lipinski definition) is 1. The summed E-state index contributed by atoms with van der Waals surface area (Å²) in [4.78, 5) is 4.68. The van der Waals surface area contributed by atoms with Gasteiger partial charge in [-0.05, 0) is 27.1 Å². The number of rotatable bonds is 10. The largest absolute Gasteiger partial charge is 0.379 e. The molecule has 0 atom stereocenters. The smallest absolute Gasteiger partial charge is 0.0593 e. The first kappa shape index (κ1) is 15.2. The minimum atomic E-state index is 0.761. The number of ether oxygens (including phenoxy) is 1. The summed E-state index contributed by atoms with van der Waals surface area (Å²) in [5.74, 6) is 0.811. The Kier molecular flexibility index (Phi) is 10.9. The number of thiol groups is 1. The maximum Gasteiger partial charge on any atom is 0.0593 e. The average Bonchev–Trinajstić information content (AvgIpc) is 2.20. The van der Waals surface area contributed by atoms with E-state index in [4.69, 9.17) is 4.74 Å². The van der Waals surface area contributed by atoms with E-state index >= 15 is 0 Å². The molecule has 0 bridgehead atoms. The van der Waals surface area contributed by atoms with Crippen LogP contribution in [0, 0.1) is 0 Å². The van der Waals surface area contributed by atoms with Gasteiger partial charge < -0.3 is 9.64 Å². The van der Waals surface area contributed by atoms with Crippen LogP contribution in [-0.4, -0.2) is 69.0 Å². The highest BCUT2D eigenvalue weighted by Crippen LogP contribution is 1.93. The normalized spacial score (nSPS) is 11.6. The molecule has 0 saturated heterocycles. The van der Waals surface area contributed by atoms with Gasteiger partial charge >= 0.3 is 0 Å². The minimum absolute atomic E-state index is 0.761. The summed E-state index contributed by atoms with van der Waals surface area (Å²) in [5, 5.41) is 0. The quantitative estimate of drug-likeness (QED) is 0.452. The molecule has 0 saturated carbocycles. The monoisotopic (exact) mass is 234 g/mol. The van der Waals surface area contributed by atoms with Gasteiger partial charge in [-0.25, -0.2) is 0 Å². The Labute approximate surface area is 100 Å². The fraction of sp³-hybridized carbons (Fsp3) is 1.00. The molecule has 0 N–H and O–H groups in total. The van der Waals surface area contributed by atoms with E-state index in [1.54, 1.807) is 0 Å². The van der Waals surface area contributed by atoms with Gasteiger partial charge in [0.1, 0.15) is 0 Å². The summed E-state index contributed by atoms with van der Waals surface area (Å²) in [6, 6.07) is 0. The van der Waals surface area contributed by atoms with E-state index in [0.29, 0.717) is 0 Å². The van der Waals surface area contributed by atoms with Crippen LogP contribution in [0.15, 0.2) is 0 Å². The summed E-state index contributed by atoms with van der Waals surface area (Å²) in [6.45, 7) is 8.26. The molecule has 0 aromatic heterocycles. The van der Waals surface area contributed by atoms with Crippen LogP contribution in [0.3, 0.4) is 0 Å². The lowest BCUT2D eigenvalue weighted by molar-refractivity contribution is 0.112. The summed E-state index contributed by atoms with van der Waals surface area (Å²) in [7, 11) is 4.23. The first-order chi connectivity index (χ1) is 7.20. The van der Waals surface area contributed by atoms with Gasteiger partial charge in [0.15, 0.2) is 0 Å². The molecule has 0 amide bonds. The van der Waals surface area contributed by atoms with Gasteiger partial charge in [0.05, 0.1) is 13.2 Å². The standard InChI is InChI=1S/C11H26N2OS/c1-4-5-13(7-6-12(2)3)8-9-14-10-11-15/h15H,4-11H2,1-3H3. The minimum Gasteiger partial charge on any atom is -0.379 e. The van der Waals surface area contributed by atoms with Gasteiger partial charge in [0, 0.05) is 25.4 Å². The molecule has 4 heteroatoms. The van der Waals surface area contributed by atoms with E-state index in [1.165, 1.54) is 6.42 Å². The Morgan fingerprint density at radius 1 is 1.00 bits per heavy atom. The maximum absolute atomic E-state index is 5.43. The van der Waals surface area contributed by atoms with Crippen molar-refractivity contribution in [2.24, 2.45) is 0 Å². The predicted octanol–water partition coefficient (Wildman–Crippen LogP) is 1.21. The number of nitrogens with zero attached hydrogens (tertiary/aromatic N) is 2. The average molecular weight is 234 g/mol. The van der Waals surface area contributed by atoms with Crippen molar-refractivity contribution in [2.75, 3.05) is 59.2 Å². The van der Waals surface area contributed by atoms with Gasteiger partial charge in [-0.1, -0.05) is 6.92 Å². The van der Waals surface area contributed by atoms with Crippen LogP contribution in [-0.2, 0) is 4.74 Å². The Morgan fingerprint density at radius 2 is 1.73 bits per heavy atom. The zero-order valence-electron chi connectivity index (χ0n) is 10.4. The molecule has 0 fully saturated rings. The van der Waals surface area contributed by atoms with Gasteiger partial charge in [0.2, 0.25) is 0 Å². The molecule has 0 heterocycles. The Hall–Kier alpha value is 0.230. The molecule has 92 valence electrons. The lowest BCUT2D eigenvalue weighted by atomic mass is 10.4. The van der Waals surface area contributed by atoms with Crippen molar-refractivity contribution in [2.45, 2.75) is 13.3 Å². The Balaban J connectivity index is 3.53. The summed E-state index contributed by atoms with van der Waals surface area (Å²) in [5.41, 5.74) is 0. The molecule has 0 unspecified atom stereocenters. The van der Waals surface area contributed by atoms with E-state index in [1.807, 2.05) is 0 Å². The topological polar surface area (TPSA) is 15.7 Å². The van der Waals surface area contributed by atoms with Gasteiger partial charge in [-0.15, -0.1) is 0 Å². The molecule has 0 aliphatic rings. The third-order valence-corrected chi connectivity index (χ3v) is 2.37. The van der Waals surface area contributed by atoms with Crippen molar-refractivity contribution in [1.29, 1.82) is 0 Å². The third kappa shape index (κ3) is 10.5. The highest BCUT2D eigenvalue weighted by molar-refractivity contribution is 7.80. The van der Waals surface area contributed by atoms with Crippen molar-refractivity contribution in [1.82, 2.24) is 9.80 Å². The lowest BCUT2D eigenvalue weighted by Gasteiger charge is -2.23. The fourth-order valence-corrected chi connectivity index (χ4v) is 1.48. The second-order valence-electron chi connectivity index (χ2n) is 3.98. The SMILES string of the molecule is CCCN(CCOCCS)CCN(C)C. The number of likely N-dealkylation sites (N-methyl/N-ethyl adjacent to an activating group) is 1. The third-order valence-electron chi connectivity index (χ3n) is 2.19. The van der Waals surface area contributed by atoms with Crippen molar-refractivity contribution in [3.63, 3.8) is 0 Å². The van der Waals surface area contributed by atoms with Gasteiger partial charge in [-0.3, -0.25) is 4.90 Å². The zero-order valence-corrected chi connectivity index (χ0v) is 11.3. The van der Waals surface area contributed by atoms with Crippen LogP contribution in [0.1, 0.15) is 13.3 Å². The lowest BCUT2D eigenvalue weighted by Crippen LogP contribution is -2.34. The molecule has 0 radical (unpaired) electrons. The van der Waals surface area contributed by atoms with Crippen LogP contribution in [0.2, 0.25) is 0 Å². The summed E-state index contributed by atoms with van der Waals surface area (Å²) < 4.78 is 5.43. The van der Waals surface area contributed by atoms with Crippen LogP contribution in [0.4, 0.5) is 0 Å². The van der Waals surface area contributed by atoms with E-state index in [-0.39, 0.29) is 0 Å². The molecule has 0 aliphatic heterocycles. The van der Waals surface area contributed by atoms with E-state index in [9.17, 15) is 0 Å². The molecule has 0 aliphatic carbocycles. The van der Waals surface area contributed by atoms with E-state index < -0.39 is 0 Å². The van der Waals surface area contributed by atoms with Crippen molar-refractivity contribution >= 4 is 12.6 Å². The molecular formula is C11H26N2OS. The molecular weight excluding hydrogens is 208 g/mol. The Morgan fingerprint density at radius 3 is 2.27 bits per heavy atom. The highest BCUT2D eigenvalue weighted by Gasteiger charge is 2.03. The van der Waals surface area contributed by atoms with Crippen LogP contribution in [0.25, 0.3) is 0 Å². The molecule has 0 aromatic rings. The first-order valence-electron chi connectivity index (χ1n) is 5.76. The second-order valence-corrected chi connectivity index (χ2v) is 4.43. The van der Waals surface area contributed by atoms with Crippen LogP contribution >= 0.6 is 12.6 Å². The summed E-state index contributed by atoms with van der Waals surface area (Å²) >= 11 is 4.11. The second kappa shape index (κ2) is 10.7. The number of hydrogen-bond acceptors (Lipinski definition) is 4. The van der Waals surface area contributed by atoms with Crippen molar-refractivity contribution < 1.29 is 4.74 Å². The van der Waals surface area contributed by atoms with Gasteiger partial charge in [-0.2, -0.15) is 12.6 Å². The van der Waals surface area contributed by atoms with E-state index in [0.717, 1.165) is 45.1 Å².